The van der Waals surface area contributed by atoms with Gasteiger partial charge in [-0.05, 0) is 36.4 Å². The van der Waals surface area contributed by atoms with Crippen LogP contribution in [0.4, 0.5) is 0 Å². The molecule has 1 amide bonds. The van der Waals surface area contributed by atoms with Crippen LogP contribution in [0.1, 0.15) is 15.9 Å². The summed E-state index contributed by atoms with van der Waals surface area (Å²) >= 11 is 0. The Balaban J connectivity index is 1.39. The maximum absolute atomic E-state index is 12.3. The van der Waals surface area contributed by atoms with Crippen molar-refractivity contribution in [3.05, 3.63) is 90.8 Å². The number of para-hydroxylation sites is 1. The Morgan fingerprint density at radius 3 is 2.38 bits per heavy atom. The van der Waals surface area contributed by atoms with E-state index in [-0.39, 0.29) is 5.91 Å². The first-order valence-electron chi connectivity index (χ1n) is 8.12. The summed E-state index contributed by atoms with van der Waals surface area (Å²) in [5, 5.41) is 14.8. The lowest BCUT2D eigenvalue weighted by Gasteiger charge is -2.05. The lowest BCUT2D eigenvalue weighted by molar-refractivity contribution is 0.0951. The van der Waals surface area contributed by atoms with Crippen molar-refractivity contribution in [3.63, 3.8) is 0 Å². The molecule has 0 aliphatic carbocycles. The quantitative estimate of drug-likeness (QED) is 0.603. The molecule has 0 unspecified atom stereocenters. The smallest absolute Gasteiger partial charge is 0.251 e. The van der Waals surface area contributed by atoms with Crippen LogP contribution in [0, 0.1) is 0 Å². The summed E-state index contributed by atoms with van der Waals surface area (Å²) in [4.78, 5) is 12.3. The van der Waals surface area contributed by atoms with Crippen molar-refractivity contribution < 1.29 is 4.79 Å². The van der Waals surface area contributed by atoms with Crippen LogP contribution < -0.4 is 5.32 Å². The Kier molecular flexibility index (Phi) is 4.26. The zero-order valence-electron chi connectivity index (χ0n) is 13.9. The second-order valence-electron chi connectivity index (χ2n) is 5.73. The van der Waals surface area contributed by atoms with E-state index >= 15 is 0 Å². The van der Waals surface area contributed by atoms with Gasteiger partial charge in [0.2, 0.25) is 0 Å². The van der Waals surface area contributed by atoms with Crippen molar-refractivity contribution >= 4 is 5.91 Å². The average molecular weight is 344 g/mol. The molecule has 0 spiro atoms. The number of rotatable bonds is 5. The Hall–Kier alpha value is -3.74. The standard InChI is InChI=1S/C19H16N6O/c26-19(16-6-8-17(9-7-16)24-13-21-22-14-24)20-10-15-11-23-25(12-15)18-4-2-1-3-5-18/h1-9,11-14H,10H2,(H,20,26). The molecule has 1 N–H and O–H groups in total. The van der Waals surface area contributed by atoms with Gasteiger partial charge in [-0.2, -0.15) is 5.10 Å². The van der Waals surface area contributed by atoms with Crippen molar-refractivity contribution in [2.45, 2.75) is 6.54 Å². The third kappa shape index (κ3) is 3.36. The largest absolute Gasteiger partial charge is 0.348 e. The Morgan fingerprint density at radius 1 is 0.923 bits per heavy atom. The molecule has 2 heterocycles. The van der Waals surface area contributed by atoms with Crippen molar-refractivity contribution in [1.29, 1.82) is 0 Å². The molecule has 7 nitrogen and oxygen atoms in total. The molecule has 128 valence electrons. The van der Waals surface area contributed by atoms with E-state index in [9.17, 15) is 4.79 Å². The van der Waals surface area contributed by atoms with Gasteiger partial charge in [-0.3, -0.25) is 9.36 Å². The number of hydrogen-bond acceptors (Lipinski definition) is 4. The van der Waals surface area contributed by atoms with Gasteiger partial charge in [0.05, 0.1) is 11.9 Å². The molecule has 0 radical (unpaired) electrons. The van der Waals surface area contributed by atoms with E-state index in [2.05, 4.69) is 20.6 Å². The van der Waals surface area contributed by atoms with Gasteiger partial charge in [0.25, 0.3) is 5.91 Å². The minimum atomic E-state index is -0.132. The molecule has 26 heavy (non-hydrogen) atoms. The molecule has 0 saturated heterocycles. The van der Waals surface area contributed by atoms with E-state index < -0.39 is 0 Å². The molecule has 0 aliphatic heterocycles. The molecule has 2 aromatic heterocycles. The normalized spacial score (nSPS) is 10.6. The number of nitrogens with one attached hydrogen (secondary N) is 1. The van der Waals surface area contributed by atoms with Crippen LogP contribution >= 0.6 is 0 Å². The fourth-order valence-corrected chi connectivity index (χ4v) is 2.58. The van der Waals surface area contributed by atoms with E-state index in [1.807, 2.05) is 48.7 Å². The first-order chi connectivity index (χ1) is 12.8. The molecule has 0 bridgehead atoms. The highest BCUT2D eigenvalue weighted by Crippen LogP contribution is 2.10. The van der Waals surface area contributed by atoms with Gasteiger partial charge in [-0.25, -0.2) is 4.68 Å². The van der Waals surface area contributed by atoms with Crippen molar-refractivity contribution in [2.24, 2.45) is 0 Å². The van der Waals surface area contributed by atoms with Crippen LogP contribution in [0.3, 0.4) is 0 Å². The number of carbonyl (C=O) groups excluding carboxylic acids is 1. The van der Waals surface area contributed by atoms with Gasteiger partial charge in [0, 0.05) is 29.6 Å². The molecule has 0 aliphatic rings. The highest BCUT2D eigenvalue weighted by atomic mass is 16.1. The fraction of sp³-hybridized carbons (Fsp3) is 0.0526. The van der Waals surface area contributed by atoms with E-state index in [0.29, 0.717) is 12.1 Å². The van der Waals surface area contributed by atoms with Gasteiger partial charge in [-0.1, -0.05) is 18.2 Å². The summed E-state index contributed by atoms with van der Waals surface area (Å²) in [7, 11) is 0. The van der Waals surface area contributed by atoms with E-state index in [1.54, 1.807) is 40.2 Å². The predicted octanol–water partition coefficient (Wildman–Crippen LogP) is 2.38. The van der Waals surface area contributed by atoms with Crippen molar-refractivity contribution in [3.8, 4) is 11.4 Å². The van der Waals surface area contributed by atoms with Crippen molar-refractivity contribution in [2.75, 3.05) is 0 Å². The summed E-state index contributed by atoms with van der Waals surface area (Å²) in [5.74, 6) is -0.132. The zero-order chi connectivity index (χ0) is 17.8. The summed E-state index contributed by atoms with van der Waals surface area (Å²) in [6, 6.07) is 17.1. The summed E-state index contributed by atoms with van der Waals surface area (Å²) in [6.45, 7) is 0.416. The third-order valence-corrected chi connectivity index (χ3v) is 3.96. The second kappa shape index (κ2) is 7.02. The first-order valence-corrected chi connectivity index (χ1v) is 8.12. The molecular formula is C19H16N6O. The van der Waals surface area contributed by atoms with E-state index in [1.165, 1.54) is 0 Å². The molecule has 2 aromatic carbocycles. The average Bonchev–Trinajstić information content (AvgIpc) is 3.39. The molecule has 0 fully saturated rings. The molecule has 4 aromatic rings. The predicted molar refractivity (Wildman–Crippen MR) is 96.1 cm³/mol. The third-order valence-electron chi connectivity index (χ3n) is 3.96. The van der Waals surface area contributed by atoms with Crippen molar-refractivity contribution in [1.82, 2.24) is 29.9 Å². The number of hydrogen-bond donors (Lipinski definition) is 1. The lowest BCUT2D eigenvalue weighted by atomic mass is 10.2. The van der Waals surface area contributed by atoms with E-state index in [4.69, 9.17) is 0 Å². The number of aromatic nitrogens is 5. The Morgan fingerprint density at radius 2 is 1.65 bits per heavy atom. The zero-order valence-corrected chi connectivity index (χ0v) is 13.9. The van der Waals surface area contributed by atoms with Crippen LogP contribution in [-0.2, 0) is 6.54 Å². The minimum Gasteiger partial charge on any atom is -0.348 e. The second-order valence-corrected chi connectivity index (χ2v) is 5.73. The number of amides is 1. The van der Waals surface area contributed by atoms with Gasteiger partial charge in [0.1, 0.15) is 12.7 Å². The van der Waals surface area contributed by atoms with Gasteiger partial charge >= 0.3 is 0 Å². The monoisotopic (exact) mass is 344 g/mol. The Bertz CT molecular complexity index is 990. The lowest BCUT2D eigenvalue weighted by Crippen LogP contribution is -2.22. The SMILES string of the molecule is O=C(NCc1cnn(-c2ccccc2)c1)c1ccc(-n2cnnc2)cc1. The summed E-state index contributed by atoms with van der Waals surface area (Å²) in [6.07, 6.45) is 6.88. The maximum Gasteiger partial charge on any atom is 0.251 e. The summed E-state index contributed by atoms with van der Waals surface area (Å²) < 4.78 is 3.56. The molecule has 0 saturated carbocycles. The maximum atomic E-state index is 12.3. The topological polar surface area (TPSA) is 77.6 Å². The number of carbonyl (C=O) groups is 1. The number of benzene rings is 2. The molecule has 0 atom stereocenters. The molecule has 4 rings (SSSR count). The molecular weight excluding hydrogens is 328 g/mol. The van der Waals surface area contributed by atoms with Gasteiger partial charge in [0.15, 0.2) is 0 Å². The highest BCUT2D eigenvalue weighted by Gasteiger charge is 2.07. The minimum absolute atomic E-state index is 0.132. The van der Waals surface area contributed by atoms with Crippen LogP contribution in [0.15, 0.2) is 79.6 Å². The van der Waals surface area contributed by atoms with E-state index in [0.717, 1.165) is 16.9 Å². The fourth-order valence-electron chi connectivity index (χ4n) is 2.58. The summed E-state index contributed by atoms with van der Waals surface area (Å²) in [5.41, 5.74) is 3.41. The van der Waals surface area contributed by atoms with Crippen LogP contribution in [0.2, 0.25) is 0 Å². The van der Waals surface area contributed by atoms with Gasteiger partial charge in [-0.15, -0.1) is 10.2 Å². The van der Waals surface area contributed by atoms with Gasteiger partial charge < -0.3 is 5.32 Å². The molecule has 7 heteroatoms. The van der Waals surface area contributed by atoms with Crippen LogP contribution in [0.5, 0.6) is 0 Å². The van der Waals surface area contributed by atoms with Crippen LogP contribution in [-0.4, -0.2) is 30.5 Å². The highest BCUT2D eigenvalue weighted by molar-refractivity contribution is 5.94. The number of nitrogens with zero attached hydrogens (tertiary/aromatic N) is 5. The van der Waals surface area contributed by atoms with Crippen LogP contribution in [0.25, 0.3) is 11.4 Å². The Labute approximate surface area is 149 Å². The first kappa shape index (κ1) is 15.8.